The van der Waals surface area contributed by atoms with Crippen molar-refractivity contribution in [2.24, 2.45) is 0 Å². The van der Waals surface area contributed by atoms with Crippen molar-refractivity contribution in [2.75, 3.05) is 5.73 Å². The fourth-order valence-electron chi connectivity index (χ4n) is 1.89. The summed E-state index contributed by atoms with van der Waals surface area (Å²) < 4.78 is 14.1. The van der Waals surface area contributed by atoms with Crippen LogP contribution in [0.2, 0.25) is 5.02 Å². The Kier molecular flexibility index (Phi) is 3.81. The number of carboxylic acids is 1. The molecule has 2 aromatic rings. The SMILES string of the molecule is Nc1c(O)cc(C(=O)O)c(Cc2ccccc2Cl)c1F. The summed E-state index contributed by atoms with van der Waals surface area (Å²) in [5.74, 6) is -2.88. The number of carboxylic acid groups (broad SMARTS) is 1. The van der Waals surface area contributed by atoms with E-state index in [0.29, 0.717) is 10.6 Å². The van der Waals surface area contributed by atoms with E-state index in [1.54, 1.807) is 24.3 Å². The highest BCUT2D eigenvalue weighted by molar-refractivity contribution is 6.31. The van der Waals surface area contributed by atoms with Crippen molar-refractivity contribution in [1.82, 2.24) is 0 Å². The summed E-state index contributed by atoms with van der Waals surface area (Å²) in [5, 5.41) is 18.9. The van der Waals surface area contributed by atoms with Crippen molar-refractivity contribution >= 4 is 23.3 Å². The minimum atomic E-state index is -1.35. The zero-order valence-corrected chi connectivity index (χ0v) is 11.0. The van der Waals surface area contributed by atoms with E-state index in [1.165, 1.54) is 0 Å². The van der Waals surface area contributed by atoms with Gasteiger partial charge in [0, 0.05) is 17.0 Å². The molecule has 0 radical (unpaired) electrons. The molecule has 104 valence electrons. The Bertz CT molecular complexity index is 688. The average molecular weight is 296 g/mol. The third-order valence-corrected chi connectivity index (χ3v) is 3.31. The topological polar surface area (TPSA) is 83.5 Å². The molecule has 0 atom stereocenters. The van der Waals surface area contributed by atoms with Crippen molar-refractivity contribution < 1.29 is 19.4 Å². The minimum Gasteiger partial charge on any atom is -0.506 e. The van der Waals surface area contributed by atoms with Crippen LogP contribution in [0.3, 0.4) is 0 Å². The Morgan fingerprint density at radius 2 is 2.00 bits per heavy atom. The largest absolute Gasteiger partial charge is 0.506 e. The van der Waals surface area contributed by atoms with E-state index < -0.39 is 23.2 Å². The van der Waals surface area contributed by atoms with Gasteiger partial charge < -0.3 is 15.9 Å². The Morgan fingerprint density at radius 3 is 2.60 bits per heavy atom. The summed E-state index contributed by atoms with van der Waals surface area (Å²) in [6, 6.07) is 7.65. The number of phenolic OH excluding ortho intramolecular Hbond substituents is 1. The highest BCUT2D eigenvalue weighted by atomic mass is 35.5. The first-order valence-electron chi connectivity index (χ1n) is 5.68. The minimum absolute atomic E-state index is 0.0301. The predicted molar refractivity (Wildman–Crippen MR) is 73.7 cm³/mol. The molecule has 2 rings (SSSR count). The highest BCUT2D eigenvalue weighted by Gasteiger charge is 2.21. The molecule has 0 heterocycles. The maximum absolute atomic E-state index is 14.1. The van der Waals surface area contributed by atoms with Crippen LogP contribution in [0.1, 0.15) is 21.5 Å². The number of aromatic hydroxyl groups is 1. The number of halogens is 2. The predicted octanol–water partition coefficient (Wildman–Crippen LogP) is 3.06. The first-order chi connectivity index (χ1) is 9.41. The Balaban J connectivity index is 2.59. The molecule has 0 saturated heterocycles. The number of carbonyl (C=O) groups is 1. The molecule has 0 aromatic heterocycles. The quantitative estimate of drug-likeness (QED) is 0.600. The van der Waals surface area contributed by atoms with Crippen molar-refractivity contribution in [3.63, 3.8) is 0 Å². The molecule has 4 N–H and O–H groups in total. The Labute approximate surface area is 119 Å². The van der Waals surface area contributed by atoms with Gasteiger partial charge in [0.15, 0.2) is 5.82 Å². The van der Waals surface area contributed by atoms with Gasteiger partial charge >= 0.3 is 5.97 Å². The van der Waals surface area contributed by atoms with Crippen LogP contribution in [0.25, 0.3) is 0 Å². The van der Waals surface area contributed by atoms with Crippen molar-refractivity contribution in [3.8, 4) is 5.75 Å². The van der Waals surface area contributed by atoms with Gasteiger partial charge in [-0.3, -0.25) is 0 Å². The summed E-state index contributed by atoms with van der Waals surface area (Å²) in [4.78, 5) is 11.2. The van der Waals surface area contributed by atoms with Crippen LogP contribution in [0.5, 0.6) is 5.75 Å². The molecule has 0 amide bonds. The molecular weight excluding hydrogens is 285 g/mol. The average Bonchev–Trinajstić information content (AvgIpc) is 2.41. The summed E-state index contributed by atoms with van der Waals surface area (Å²) in [7, 11) is 0. The molecule has 6 heteroatoms. The van der Waals surface area contributed by atoms with E-state index >= 15 is 0 Å². The number of hydrogen-bond acceptors (Lipinski definition) is 3. The summed E-state index contributed by atoms with van der Waals surface area (Å²) in [6.07, 6.45) is -0.0301. The van der Waals surface area contributed by atoms with Gasteiger partial charge in [-0.2, -0.15) is 0 Å². The lowest BCUT2D eigenvalue weighted by Gasteiger charge is -2.12. The van der Waals surface area contributed by atoms with Crippen LogP contribution in [0, 0.1) is 5.82 Å². The second kappa shape index (κ2) is 5.38. The van der Waals surface area contributed by atoms with Crippen LogP contribution < -0.4 is 5.73 Å². The van der Waals surface area contributed by atoms with Crippen molar-refractivity contribution in [1.29, 1.82) is 0 Å². The van der Waals surface area contributed by atoms with Gasteiger partial charge in [0.05, 0.1) is 5.56 Å². The summed E-state index contributed by atoms with van der Waals surface area (Å²) in [5.41, 5.74) is 5.04. The lowest BCUT2D eigenvalue weighted by atomic mass is 9.97. The maximum atomic E-state index is 14.1. The standard InChI is InChI=1S/C14H11ClFNO3/c15-10-4-2-1-3-7(10)5-8-9(14(19)20)6-11(18)13(17)12(8)16/h1-4,6,18H,5,17H2,(H,19,20). The zero-order valence-electron chi connectivity index (χ0n) is 10.2. The smallest absolute Gasteiger partial charge is 0.336 e. The van der Waals surface area contributed by atoms with Crippen LogP contribution in [0.15, 0.2) is 30.3 Å². The third kappa shape index (κ3) is 2.53. The number of hydrogen-bond donors (Lipinski definition) is 3. The second-order valence-corrected chi connectivity index (χ2v) is 4.63. The van der Waals surface area contributed by atoms with Gasteiger partial charge in [-0.25, -0.2) is 9.18 Å². The molecule has 0 spiro atoms. The molecule has 20 heavy (non-hydrogen) atoms. The first-order valence-corrected chi connectivity index (χ1v) is 6.06. The number of benzene rings is 2. The van der Waals surface area contributed by atoms with Crippen LogP contribution in [-0.4, -0.2) is 16.2 Å². The number of phenols is 1. The monoisotopic (exact) mass is 295 g/mol. The fraction of sp³-hybridized carbons (Fsp3) is 0.0714. The number of rotatable bonds is 3. The van der Waals surface area contributed by atoms with Gasteiger partial charge in [0.1, 0.15) is 11.4 Å². The van der Waals surface area contributed by atoms with E-state index in [1.807, 2.05) is 0 Å². The Morgan fingerprint density at radius 1 is 1.35 bits per heavy atom. The lowest BCUT2D eigenvalue weighted by molar-refractivity contribution is 0.0694. The van der Waals surface area contributed by atoms with E-state index in [0.717, 1.165) is 6.07 Å². The maximum Gasteiger partial charge on any atom is 0.336 e. The van der Waals surface area contributed by atoms with Gasteiger partial charge in [-0.1, -0.05) is 29.8 Å². The Hall–Kier alpha value is -2.27. The highest BCUT2D eigenvalue weighted by Crippen LogP contribution is 2.31. The molecule has 0 aliphatic carbocycles. The van der Waals surface area contributed by atoms with E-state index in [4.69, 9.17) is 22.4 Å². The molecule has 0 fully saturated rings. The normalized spacial score (nSPS) is 10.5. The van der Waals surface area contributed by atoms with Crippen molar-refractivity contribution in [2.45, 2.75) is 6.42 Å². The number of aromatic carboxylic acids is 1. The van der Waals surface area contributed by atoms with E-state index in [-0.39, 0.29) is 17.5 Å². The van der Waals surface area contributed by atoms with E-state index in [9.17, 15) is 14.3 Å². The zero-order chi connectivity index (χ0) is 14.9. The van der Waals surface area contributed by atoms with Crippen LogP contribution in [-0.2, 0) is 6.42 Å². The molecule has 0 aliphatic heterocycles. The van der Waals surface area contributed by atoms with E-state index in [2.05, 4.69) is 0 Å². The molecule has 0 saturated carbocycles. The fourth-order valence-corrected chi connectivity index (χ4v) is 2.09. The van der Waals surface area contributed by atoms with Crippen LogP contribution >= 0.6 is 11.6 Å². The number of anilines is 1. The molecular formula is C14H11ClFNO3. The molecule has 0 unspecified atom stereocenters. The molecule has 0 aliphatic rings. The van der Waals surface area contributed by atoms with Crippen molar-refractivity contribution in [3.05, 3.63) is 57.9 Å². The number of nitrogen functional groups attached to an aromatic ring is 1. The van der Waals surface area contributed by atoms with Gasteiger partial charge in [-0.05, 0) is 17.7 Å². The van der Waals surface area contributed by atoms with Crippen LogP contribution in [0.4, 0.5) is 10.1 Å². The molecule has 2 aromatic carbocycles. The van der Waals surface area contributed by atoms with Gasteiger partial charge in [0.25, 0.3) is 0 Å². The number of nitrogens with two attached hydrogens (primary N) is 1. The molecule has 4 nitrogen and oxygen atoms in total. The first kappa shape index (κ1) is 14.1. The third-order valence-electron chi connectivity index (χ3n) is 2.94. The summed E-state index contributed by atoms with van der Waals surface area (Å²) >= 11 is 5.98. The summed E-state index contributed by atoms with van der Waals surface area (Å²) in [6.45, 7) is 0. The lowest BCUT2D eigenvalue weighted by Crippen LogP contribution is -2.08. The van der Waals surface area contributed by atoms with Gasteiger partial charge in [0.2, 0.25) is 0 Å². The second-order valence-electron chi connectivity index (χ2n) is 4.22. The van der Waals surface area contributed by atoms with Gasteiger partial charge in [-0.15, -0.1) is 0 Å². The molecule has 0 bridgehead atoms.